The molecule has 0 amide bonds. The van der Waals surface area contributed by atoms with Gasteiger partial charge in [0.25, 0.3) is 0 Å². The minimum absolute atomic E-state index is 0. The van der Waals surface area contributed by atoms with Crippen LogP contribution in [-0.4, -0.2) is 5.71 Å². The molecule has 0 radical (unpaired) electrons. The normalized spacial score (nSPS) is 11.2. The Kier molecular flexibility index (Phi) is 13.6. The predicted octanol–water partition coefficient (Wildman–Crippen LogP) is 11.2. The van der Waals surface area contributed by atoms with Crippen LogP contribution in [0.25, 0.3) is 5.32 Å². The number of hydrogen-bond donors (Lipinski definition) is 0. The Labute approximate surface area is 242 Å². The van der Waals surface area contributed by atoms with Crippen LogP contribution in [0.2, 0.25) is 0 Å². The van der Waals surface area contributed by atoms with E-state index in [1.807, 2.05) is 0 Å². The van der Waals surface area contributed by atoms with Crippen LogP contribution in [0, 0.1) is 11.3 Å². The molecule has 0 aliphatic carbocycles. The van der Waals surface area contributed by atoms with Crippen molar-refractivity contribution < 1.29 is 17.1 Å². The molecule has 0 saturated carbocycles. The number of para-hydroxylation sites is 3. The van der Waals surface area contributed by atoms with E-state index in [4.69, 9.17) is 15.6 Å². The van der Waals surface area contributed by atoms with Crippen molar-refractivity contribution in [3.63, 3.8) is 0 Å². The van der Waals surface area contributed by atoms with Gasteiger partial charge in [0.15, 0.2) is 0 Å². The van der Waals surface area contributed by atoms with Crippen LogP contribution in [0.15, 0.2) is 65.7 Å². The van der Waals surface area contributed by atoms with Crippen molar-refractivity contribution in [1.82, 2.24) is 0 Å². The second-order valence-electron chi connectivity index (χ2n) is 10.7. The third-order valence-electron chi connectivity index (χ3n) is 6.49. The fraction of sp³-hybridized carbons (Fsp3) is 0.412. The Balaban J connectivity index is 0.00000172. The Bertz CT molecular complexity index is 1190. The SMILES string of the molecule is CC#N.CC(=Nc1c(C(C)C)cccc1C(C)C)c1ccccc1[N-]c1c(C(C)C)cccc1C(C)C.[Cu+]. The predicted molar refractivity (Wildman–Crippen MR) is 162 cm³/mol. The minimum Gasteiger partial charge on any atom is -0.657 e. The zero-order chi connectivity index (χ0) is 27.7. The fourth-order valence-electron chi connectivity index (χ4n) is 4.51. The van der Waals surface area contributed by atoms with Gasteiger partial charge >= 0.3 is 17.1 Å². The summed E-state index contributed by atoms with van der Waals surface area (Å²) in [6.45, 7) is 21.5. The molecular weight excluding hydrogens is 514 g/mol. The zero-order valence-electron chi connectivity index (χ0n) is 24.7. The van der Waals surface area contributed by atoms with Crippen LogP contribution in [0.4, 0.5) is 17.1 Å². The number of nitriles is 1. The van der Waals surface area contributed by atoms with Gasteiger partial charge in [0, 0.05) is 12.6 Å². The number of nitrogens with zero attached hydrogens (tertiary/aromatic N) is 3. The summed E-state index contributed by atoms with van der Waals surface area (Å²) < 4.78 is 0. The number of aliphatic imine (C=N–C) groups is 1. The van der Waals surface area contributed by atoms with E-state index < -0.39 is 0 Å². The van der Waals surface area contributed by atoms with E-state index >= 15 is 0 Å². The molecule has 3 rings (SSSR count). The largest absolute Gasteiger partial charge is 1.00 e. The topological polar surface area (TPSA) is 50.2 Å². The van der Waals surface area contributed by atoms with Crippen LogP contribution in [0.5, 0.6) is 0 Å². The van der Waals surface area contributed by atoms with Crippen molar-refractivity contribution in [3.8, 4) is 6.07 Å². The number of benzene rings is 3. The molecule has 0 aliphatic rings. The standard InChI is InChI=1S/C32H41N2.C2H3N.Cu/c1-20(2)25-15-12-16-26(21(3)4)31(25)33-24(9)29-14-10-11-19-30(29)34-32-27(22(5)6)17-13-18-28(32)23(7)8;1-2-3;/h10-23H,1-9H3;1H3;/q-1;;+1. The van der Waals surface area contributed by atoms with Gasteiger partial charge in [0.05, 0.1) is 11.8 Å². The summed E-state index contributed by atoms with van der Waals surface area (Å²) >= 11 is 0. The van der Waals surface area contributed by atoms with E-state index in [-0.39, 0.29) is 17.1 Å². The molecule has 38 heavy (non-hydrogen) atoms. The van der Waals surface area contributed by atoms with Gasteiger partial charge in [-0.1, -0.05) is 127 Å². The maximum absolute atomic E-state index is 7.32. The molecule has 0 N–H and O–H groups in total. The summed E-state index contributed by atoms with van der Waals surface area (Å²) in [5, 5.41) is 12.6. The number of hydrogen-bond acceptors (Lipinski definition) is 2. The van der Waals surface area contributed by atoms with Gasteiger partial charge in [-0.05, 0) is 47.3 Å². The molecule has 3 aromatic carbocycles. The quantitative estimate of drug-likeness (QED) is 0.200. The van der Waals surface area contributed by atoms with Gasteiger partial charge in [-0.2, -0.15) is 5.26 Å². The van der Waals surface area contributed by atoms with E-state index in [0.29, 0.717) is 23.7 Å². The summed E-state index contributed by atoms with van der Waals surface area (Å²) in [6.07, 6.45) is 0. The molecule has 0 unspecified atom stereocenters. The maximum atomic E-state index is 7.32. The molecule has 4 heteroatoms. The van der Waals surface area contributed by atoms with Gasteiger partial charge in [0.1, 0.15) is 0 Å². The Hall–Kier alpha value is -2.86. The van der Waals surface area contributed by atoms with Gasteiger partial charge in [-0.15, -0.1) is 11.4 Å². The van der Waals surface area contributed by atoms with Crippen molar-refractivity contribution in [1.29, 1.82) is 5.26 Å². The molecule has 206 valence electrons. The molecule has 3 nitrogen and oxygen atoms in total. The summed E-state index contributed by atoms with van der Waals surface area (Å²) in [5.41, 5.74) is 10.5. The van der Waals surface area contributed by atoms with Crippen molar-refractivity contribution in [2.75, 3.05) is 0 Å². The van der Waals surface area contributed by atoms with Gasteiger partial charge in [0.2, 0.25) is 0 Å². The monoisotopic (exact) mass is 557 g/mol. The first-order valence-corrected chi connectivity index (χ1v) is 13.5. The van der Waals surface area contributed by atoms with Gasteiger partial charge in [-0.25, -0.2) is 0 Å². The summed E-state index contributed by atoms with van der Waals surface area (Å²) in [7, 11) is 0. The van der Waals surface area contributed by atoms with E-state index in [9.17, 15) is 0 Å². The van der Waals surface area contributed by atoms with E-state index in [0.717, 1.165) is 28.3 Å². The first kappa shape index (κ1) is 33.2. The summed E-state index contributed by atoms with van der Waals surface area (Å²) in [6, 6.07) is 23.4. The van der Waals surface area contributed by atoms with Crippen molar-refractivity contribution in [3.05, 3.63) is 93.8 Å². The van der Waals surface area contributed by atoms with Crippen LogP contribution >= 0.6 is 0 Å². The molecule has 0 saturated heterocycles. The molecule has 0 bridgehead atoms. The van der Waals surface area contributed by atoms with Gasteiger partial charge in [-0.3, -0.25) is 4.99 Å². The van der Waals surface area contributed by atoms with Crippen molar-refractivity contribution in [2.24, 2.45) is 4.99 Å². The van der Waals surface area contributed by atoms with E-state index in [2.05, 4.69) is 123 Å². The molecule has 0 heterocycles. The van der Waals surface area contributed by atoms with E-state index in [1.54, 1.807) is 6.07 Å². The molecule has 0 fully saturated rings. The van der Waals surface area contributed by atoms with Crippen LogP contribution in [0.1, 0.15) is 121 Å². The number of rotatable bonds is 8. The first-order valence-electron chi connectivity index (χ1n) is 13.5. The fourth-order valence-corrected chi connectivity index (χ4v) is 4.51. The third kappa shape index (κ3) is 8.32. The smallest absolute Gasteiger partial charge is 0.657 e. The average Bonchev–Trinajstić information content (AvgIpc) is 2.84. The Morgan fingerprint density at radius 1 is 0.684 bits per heavy atom. The second-order valence-corrected chi connectivity index (χ2v) is 10.7. The van der Waals surface area contributed by atoms with Gasteiger partial charge < -0.3 is 5.32 Å². The van der Waals surface area contributed by atoms with Crippen molar-refractivity contribution in [2.45, 2.75) is 92.9 Å². The maximum Gasteiger partial charge on any atom is 1.00 e. The average molecular weight is 558 g/mol. The molecule has 0 spiro atoms. The second kappa shape index (κ2) is 15.5. The Morgan fingerprint density at radius 2 is 1.08 bits per heavy atom. The minimum atomic E-state index is 0. The van der Waals surface area contributed by atoms with E-state index in [1.165, 1.54) is 29.2 Å². The molecule has 0 aliphatic heterocycles. The summed E-state index contributed by atoms with van der Waals surface area (Å²) in [4.78, 5) is 5.25. The molecule has 3 aromatic rings. The van der Waals surface area contributed by atoms with Crippen LogP contribution < -0.4 is 0 Å². The zero-order valence-corrected chi connectivity index (χ0v) is 25.7. The molecular formula is C34H44CuN3. The molecule has 0 atom stereocenters. The summed E-state index contributed by atoms with van der Waals surface area (Å²) in [5.74, 6) is 1.64. The Morgan fingerprint density at radius 3 is 1.50 bits per heavy atom. The van der Waals surface area contributed by atoms with Crippen molar-refractivity contribution >= 4 is 22.8 Å². The van der Waals surface area contributed by atoms with Crippen LogP contribution in [0.3, 0.4) is 0 Å². The van der Waals surface area contributed by atoms with Crippen LogP contribution in [-0.2, 0) is 17.1 Å². The molecule has 0 aromatic heterocycles. The third-order valence-corrected chi connectivity index (χ3v) is 6.49. The first-order chi connectivity index (χ1) is 17.5.